The Morgan fingerprint density at radius 3 is 2.53 bits per heavy atom. The van der Waals surface area contributed by atoms with Crippen LogP contribution in [0, 0.1) is 11.3 Å². The fourth-order valence-corrected chi connectivity index (χ4v) is 1.54. The number of nitrogens with zero attached hydrogens (tertiary/aromatic N) is 1. The number of ether oxygens (including phenoxy) is 1. The minimum absolute atomic E-state index is 0.120. The summed E-state index contributed by atoms with van der Waals surface area (Å²) in [4.78, 5) is 11.6. The van der Waals surface area contributed by atoms with Crippen molar-refractivity contribution in [2.24, 2.45) is 0 Å². The third kappa shape index (κ3) is 5.41. The fourth-order valence-electron chi connectivity index (χ4n) is 1.30. The van der Waals surface area contributed by atoms with Crippen LogP contribution in [-0.4, -0.2) is 12.1 Å². The van der Waals surface area contributed by atoms with E-state index < -0.39 is 5.97 Å². The van der Waals surface area contributed by atoms with Gasteiger partial charge in [0, 0.05) is 5.03 Å². The lowest BCUT2D eigenvalue weighted by molar-refractivity contribution is -0.142. The largest absolute Gasteiger partial charge is 0.459 e. The van der Waals surface area contributed by atoms with E-state index in [0.29, 0.717) is 5.03 Å². The van der Waals surface area contributed by atoms with Crippen molar-refractivity contribution < 1.29 is 9.53 Å². The first-order chi connectivity index (χ1) is 9.02. The molecule has 0 heterocycles. The summed E-state index contributed by atoms with van der Waals surface area (Å²) in [5.74, 6) is -0.669. The SMILES string of the molecule is CC(C)OC(=O)/C(C#N)=C/C(Cl)=C/c1ccccc1. The minimum atomic E-state index is -0.669. The number of hydrogen-bond donors (Lipinski definition) is 0. The van der Waals surface area contributed by atoms with Crippen molar-refractivity contribution in [3.63, 3.8) is 0 Å². The lowest BCUT2D eigenvalue weighted by Gasteiger charge is -2.06. The lowest BCUT2D eigenvalue weighted by atomic mass is 10.2. The first-order valence-electron chi connectivity index (χ1n) is 5.78. The molecule has 0 unspecified atom stereocenters. The van der Waals surface area contributed by atoms with E-state index in [1.165, 1.54) is 6.08 Å². The molecule has 3 nitrogen and oxygen atoms in total. The third-order valence-corrected chi connectivity index (χ3v) is 2.29. The Morgan fingerprint density at radius 2 is 2.00 bits per heavy atom. The van der Waals surface area contributed by atoms with E-state index >= 15 is 0 Å². The highest BCUT2D eigenvalue weighted by Crippen LogP contribution is 2.14. The van der Waals surface area contributed by atoms with E-state index in [0.717, 1.165) is 5.56 Å². The maximum absolute atomic E-state index is 11.6. The van der Waals surface area contributed by atoms with E-state index in [-0.39, 0.29) is 11.7 Å². The van der Waals surface area contributed by atoms with Gasteiger partial charge in [0.1, 0.15) is 11.6 Å². The third-order valence-electron chi connectivity index (χ3n) is 2.07. The second-order valence-corrected chi connectivity index (χ2v) is 4.50. The summed E-state index contributed by atoms with van der Waals surface area (Å²) < 4.78 is 4.94. The Labute approximate surface area is 117 Å². The molecule has 0 aliphatic heterocycles. The molecule has 0 saturated carbocycles. The average Bonchev–Trinajstić information content (AvgIpc) is 2.36. The fraction of sp³-hybridized carbons (Fsp3) is 0.200. The molecule has 0 aliphatic carbocycles. The summed E-state index contributed by atoms with van der Waals surface area (Å²) in [6, 6.07) is 11.2. The smallest absolute Gasteiger partial charge is 0.349 e. The highest BCUT2D eigenvalue weighted by atomic mass is 35.5. The van der Waals surface area contributed by atoms with Crippen LogP contribution >= 0.6 is 11.6 Å². The molecular formula is C15H14ClNO2. The highest BCUT2D eigenvalue weighted by molar-refractivity contribution is 6.33. The monoisotopic (exact) mass is 275 g/mol. The van der Waals surface area contributed by atoms with E-state index in [9.17, 15) is 4.79 Å². The van der Waals surface area contributed by atoms with E-state index in [1.54, 1.807) is 26.0 Å². The first kappa shape index (κ1) is 15.0. The van der Waals surface area contributed by atoms with Crippen molar-refractivity contribution in [2.75, 3.05) is 0 Å². The van der Waals surface area contributed by atoms with Gasteiger partial charge < -0.3 is 4.74 Å². The van der Waals surface area contributed by atoms with Crippen LogP contribution in [0.3, 0.4) is 0 Å². The van der Waals surface area contributed by atoms with E-state index in [1.807, 2.05) is 30.3 Å². The summed E-state index contributed by atoms with van der Waals surface area (Å²) in [6.07, 6.45) is 2.70. The van der Waals surface area contributed by atoms with Crippen LogP contribution in [0.2, 0.25) is 0 Å². The van der Waals surface area contributed by atoms with Crippen molar-refractivity contribution in [3.8, 4) is 6.07 Å². The second-order valence-electron chi connectivity index (χ2n) is 4.06. The van der Waals surface area contributed by atoms with Gasteiger partial charge in [-0.1, -0.05) is 41.9 Å². The Balaban J connectivity index is 2.90. The number of carbonyl (C=O) groups excluding carboxylic acids is 1. The van der Waals surface area contributed by atoms with Crippen LogP contribution in [0.1, 0.15) is 19.4 Å². The minimum Gasteiger partial charge on any atom is -0.459 e. The van der Waals surface area contributed by atoms with Crippen molar-refractivity contribution in [1.82, 2.24) is 0 Å². The summed E-state index contributed by atoms with van der Waals surface area (Å²) >= 11 is 6.00. The number of rotatable bonds is 4. The number of hydrogen-bond acceptors (Lipinski definition) is 3. The number of halogens is 1. The molecule has 0 fully saturated rings. The Kier molecular flexibility index (Phi) is 5.84. The van der Waals surface area contributed by atoms with Crippen molar-refractivity contribution >= 4 is 23.6 Å². The van der Waals surface area contributed by atoms with Gasteiger partial charge in [0.05, 0.1) is 6.10 Å². The standard InChI is InChI=1S/C15H14ClNO2/c1-11(2)19-15(18)13(10-17)9-14(16)8-12-6-4-3-5-7-12/h3-9,11H,1-2H3/b13-9+,14-8-. The molecule has 1 aromatic rings. The zero-order valence-electron chi connectivity index (χ0n) is 10.8. The molecule has 0 aliphatic rings. The van der Waals surface area contributed by atoms with Gasteiger partial charge in [0.25, 0.3) is 0 Å². The molecule has 0 N–H and O–H groups in total. The normalized spacial score (nSPS) is 12.2. The highest BCUT2D eigenvalue weighted by Gasteiger charge is 2.12. The van der Waals surface area contributed by atoms with Crippen molar-refractivity contribution in [1.29, 1.82) is 5.26 Å². The molecule has 1 aromatic carbocycles. The topological polar surface area (TPSA) is 50.1 Å². The maximum Gasteiger partial charge on any atom is 0.349 e. The summed E-state index contributed by atoms with van der Waals surface area (Å²) in [5.41, 5.74) is 0.768. The van der Waals surface area contributed by atoms with Crippen molar-refractivity contribution in [3.05, 3.63) is 52.6 Å². The number of esters is 1. The van der Waals surface area contributed by atoms with Gasteiger partial charge >= 0.3 is 5.97 Å². The number of benzene rings is 1. The number of carbonyl (C=O) groups is 1. The van der Waals surface area contributed by atoms with Gasteiger partial charge in [-0.3, -0.25) is 0 Å². The van der Waals surface area contributed by atoms with Crippen molar-refractivity contribution in [2.45, 2.75) is 20.0 Å². The molecule has 4 heteroatoms. The maximum atomic E-state index is 11.6. The van der Waals surface area contributed by atoms with Gasteiger partial charge in [-0.2, -0.15) is 5.26 Å². The van der Waals surface area contributed by atoms with Crippen LogP contribution in [0.5, 0.6) is 0 Å². The molecule has 0 atom stereocenters. The van der Waals surface area contributed by atoms with Gasteiger partial charge in [-0.25, -0.2) is 4.79 Å². The van der Waals surface area contributed by atoms with Gasteiger partial charge in [0.2, 0.25) is 0 Å². The quantitative estimate of drug-likeness (QED) is 0.365. The van der Waals surface area contributed by atoms with Gasteiger partial charge in [0.15, 0.2) is 0 Å². The molecule has 0 radical (unpaired) electrons. The summed E-state index contributed by atoms with van der Waals surface area (Å²) in [6.45, 7) is 3.43. The molecule has 98 valence electrons. The molecule has 0 saturated heterocycles. The molecule has 1 rings (SSSR count). The van der Waals surface area contributed by atoms with Crippen LogP contribution in [-0.2, 0) is 9.53 Å². The second kappa shape index (κ2) is 7.40. The molecule has 0 aromatic heterocycles. The zero-order valence-corrected chi connectivity index (χ0v) is 11.5. The Hall–Kier alpha value is -2.05. The molecule has 0 amide bonds. The summed E-state index contributed by atoms with van der Waals surface area (Å²) in [5, 5.41) is 9.21. The molecule has 0 spiro atoms. The van der Waals surface area contributed by atoms with Gasteiger partial charge in [-0.15, -0.1) is 0 Å². The average molecular weight is 276 g/mol. The molecule has 0 bridgehead atoms. The molecular weight excluding hydrogens is 262 g/mol. The number of allylic oxidation sites excluding steroid dienone is 2. The Morgan fingerprint density at radius 1 is 1.37 bits per heavy atom. The van der Waals surface area contributed by atoms with Crippen LogP contribution in [0.15, 0.2) is 47.0 Å². The van der Waals surface area contributed by atoms with Crippen LogP contribution < -0.4 is 0 Å². The lowest BCUT2D eigenvalue weighted by Crippen LogP contribution is -2.12. The summed E-state index contributed by atoms with van der Waals surface area (Å²) in [7, 11) is 0. The predicted molar refractivity (Wildman–Crippen MR) is 75.2 cm³/mol. The number of nitriles is 1. The van der Waals surface area contributed by atoms with Crippen LogP contribution in [0.4, 0.5) is 0 Å². The molecule has 19 heavy (non-hydrogen) atoms. The Bertz CT molecular complexity index is 539. The van der Waals surface area contributed by atoms with Gasteiger partial charge in [-0.05, 0) is 31.6 Å². The first-order valence-corrected chi connectivity index (χ1v) is 6.15. The zero-order chi connectivity index (χ0) is 14.3. The van der Waals surface area contributed by atoms with Crippen LogP contribution in [0.25, 0.3) is 6.08 Å². The predicted octanol–water partition coefficient (Wildman–Crippen LogP) is 3.67. The van der Waals surface area contributed by atoms with E-state index in [4.69, 9.17) is 21.6 Å². The van der Waals surface area contributed by atoms with E-state index in [2.05, 4.69) is 0 Å².